The van der Waals surface area contributed by atoms with Gasteiger partial charge < -0.3 is 23.8 Å². The van der Waals surface area contributed by atoms with Crippen LogP contribution in [0.5, 0.6) is 17.2 Å². The monoisotopic (exact) mass is 520 g/mol. The fraction of sp³-hybridized carbons (Fsp3) is 0.393. The Labute approximate surface area is 221 Å². The van der Waals surface area contributed by atoms with Gasteiger partial charge in [0, 0.05) is 44.2 Å². The molecule has 0 spiro atoms. The zero-order valence-electron chi connectivity index (χ0n) is 22.3. The van der Waals surface area contributed by atoms with Gasteiger partial charge in [-0.25, -0.2) is 4.79 Å². The molecule has 10 heteroatoms. The van der Waals surface area contributed by atoms with Gasteiger partial charge in [-0.1, -0.05) is 18.2 Å². The first-order valence-electron chi connectivity index (χ1n) is 12.5. The van der Waals surface area contributed by atoms with E-state index in [4.69, 9.17) is 18.9 Å². The lowest BCUT2D eigenvalue weighted by Gasteiger charge is -2.36. The topological polar surface area (TPSA) is 106 Å². The third-order valence-electron chi connectivity index (χ3n) is 6.57. The van der Waals surface area contributed by atoms with E-state index in [1.165, 1.54) is 0 Å². The highest BCUT2D eigenvalue weighted by molar-refractivity contribution is 6.15. The standard InChI is InChI=1S/C28H32N4O6/c1-28(2,3)38-27(34)32-12-10-31(11-13-32)16-19-25-18(14-23(35-4)26(19)36-5)24(33)22(37-25)15-21-17-8-6-7-9-20(17)29-30-21/h6-9,14-15H,10-13,16H2,1-5H3,(H,29,30)/b22-15-. The molecule has 1 N–H and O–H groups in total. The maximum Gasteiger partial charge on any atom is 0.410 e. The highest BCUT2D eigenvalue weighted by atomic mass is 16.6. The predicted molar refractivity (Wildman–Crippen MR) is 142 cm³/mol. The second-order valence-corrected chi connectivity index (χ2v) is 10.3. The Kier molecular flexibility index (Phi) is 6.75. The molecule has 10 nitrogen and oxygen atoms in total. The van der Waals surface area contributed by atoms with Gasteiger partial charge in [0.25, 0.3) is 0 Å². The Morgan fingerprint density at radius 2 is 1.87 bits per heavy atom. The van der Waals surface area contributed by atoms with Crippen LogP contribution in [0.4, 0.5) is 4.79 Å². The molecule has 3 aromatic rings. The number of piperazine rings is 1. The van der Waals surface area contributed by atoms with Crippen molar-refractivity contribution in [3.8, 4) is 17.2 Å². The first-order valence-corrected chi connectivity index (χ1v) is 12.5. The van der Waals surface area contributed by atoms with Gasteiger partial charge in [-0.2, -0.15) is 5.10 Å². The Morgan fingerprint density at radius 1 is 1.13 bits per heavy atom. The largest absolute Gasteiger partial charge is 0.493 e. The van der Waals surface area contributed by atoms with Gasteiger partial charge in [-0.3, -0.25) is 14.8 Å². The number of rotatable bonds is 5. The number of benzene rings is 2. The summed E-state index contributed by atoms with van der Waals surface area (Å²) < 4.78 is 23.0. The van der Waals surface area contributed by atoms with Crippen LogP contribution >= 0.6 is 0 Å². The first kappa shape index (κ1) is 25.6. The number of Topliss-reactive ketones (excluding diaryl/α,β-unsaturated/α-hetero) is 1. The quantitative estimate of drug-likeness (QED) is 0.498. The van der Waals surface area contributed by atoms with Crippen molar-refractivity contribution < 1.29 is 28.5 Å². The highest BCUT2D eigenvalue weighted by Gasteiger charge is 2.35. The lowest BCUT2D eigenvalue weighted by molar-refractivity contribution is 0.0138. The summed E-state index contributed by atoms with van der Waals surface area (Å²) >= 11 is 0. The lowest BCUT2D eigenvalue weighted by atomic mass is 10.0. The molecule has 0 saturated carbocycles. The van der Waals surface area contributed by atoms with Crippen molar-refractivity contribution in [3.63, 3.8) is 0 Å². The van der Waals surface area contributed by atoms with Gasteiger partial charge in [0.05, 0.1) is 36.6 Å². The number of allylic oxidation sites excluding steroid dienone is 1. The SMILES string of the molecule is COc1cc2c(c(CN3CCN(C(=O)OC(C)(C)C)CC3)c1OC)O/C(=C\c1n[nH]c3ccccc13)C2=O. The Bertz CT molecular complexity index is 1410. The van der Waals surface area contributed by atoms with Crippen molar-refractivity contribution in [2.45, 2.75) is 32.9 Å². The number of methoxy groups -OCH3 is 2. The molecule has 0 unspecified atom stereocenters. The summed E-state index contributed by atoms with van der Waals surface area (Å²) in [7, 11) is 3.11. The predicted octanol–water partition coefficient (Wildman–Crippen LogP) is 4.25. The molecule has 2 aliphatic rings. The minimum absolute atomic E-state index is 0.184. The molecule has 200 valence electrons. The van der Waals surface area contributed by atoms with E-state index in [9.17, 15) is 9.59 Å². The molecule has 0 bridgehead atoms. The number of amides is 1. The van der Waals surface area contributed by atoms with Crippen LogP contribution in [0.25, 0.3) is 17.0 Å². The third-order valence-corrected chi connectivity index (χ3v) is 6.57. The molecule has 0 aliphatic carbocycles. The molecule has 0 radical (unpaired) electrons. The molecule has 1 amide bonds. The van der Waals surface area contributed by atoms with E-state index in [2.05, 4.69) is 15.1 Å². The Balaban J connectivity index is 1.41. The van der Waals surface area contributed by atoms with Gasteiger partial charge >= 0.3 is 6.09 Å². The van der Waals surface area contributed by atoms with Crippen LogP contribution in [-0.2, 0) is 11.3 Å². The van der Waals surface area contributed by atoms with E-state index >= 15 is 0 Å². The molecular formula is C28H32N4O6. The number of ether oxygens (including phenoxy) is 4. The molecular weight excluding hydrogens is 488 g/mol. The maximum atomic E-state index is 13.4. The smallest absolute Gasteiger partial charge is 0.410 e. The molecule has 1 saturated heterocycles. The summed E-state index contributed by atoms with van der Waals surface area (Å²) in [4.78, 5) is 29.8. The molecule has 0 atom stereocenters. The van der Waals surface area contributed by atoms with E-state index in [-0.39, 0.29) is 17.6 Å². The van der Waals surface area contributed by atoms with Crippen molar-refractivity contribution in [2.75, 3.05) is 40.4 Å². The number of carbonyl (C=O) groups is 2. The number of aromatic nitrogens is 2. The number of carbonyl (C=O) groups excluding carboxylic acids is 2. The van der Waals surface area contributed by atoms with Crippen LogP contribution in [0.15, 0.2) is 36.1 Å². The maximum absolute atomic E-state index is 13.4. The van der Waals surface area contributed by atoms with Crippen LogP contribution in [0, 0.1) is 0 Å². The van der Waals surface area contributed by atoms with E-state index in [1.807, 2.05) is 45.0 Å². The second kappa shape index (κ2) is 10.0. The fourth-order valence-electron chi connectivity index (χ4n) is 4.72. The van der Waals surface area contributed by atoms with Crippen LogP contribution in [0.2, 0.25) is 0 Å². The van der Waals surface area contributed by atoms with Crippen molar-refractivity contribution in [2.24, 2.45) is 0 Å². The average Bonchev–Trinajstić information content (AvgIpc) is 3.44. The molecule has 38 heavy (non-hydrogen) atoms. The lowest BCUT2D eigenvalue weighted by Crippen LogP contribution is -2.49. The number of para-hydroxylation sites is 1. The second-order valence-electron chi connectivity index (χ2n) is 10.3. The summed E-state index contributed by atoms with van der Waals surface area (Å²) in [6.45, 7) is 8.34. The van der Waals surface area contributed by atoms with Gasteiger partial charge in [0.2, 0.25) is 5.78 Å². The summed E-state index contributed by atoms with van der Waals surface area (Å²) in [6.07, 6.45) is 1.34. The van der Waals surface area contributed by atoms with Gasteiger partial charge in [-0.05, 0) is 32.9 Å². The number of fused-ring (bicyclic) bond motifs is 2. The number of nitrogens with one attached hydrogen (secondary N) is 1. The summed E-state index contributed by atoms with van der Waals surface area (Å²) in [5.74, 6) is 1.36. The number of H-pyrrole nitrogens is 1. The summed E-state index contributed by atoms with van der Waals surface area (Å²) in [5, 5.41) is 8.22. The number of hydrogen-bond acceptors (Lipinski definition) is 8. The van der Waals surface area contributed by atoms with Crippen LogP contribution in [0.1, 0.15) is 42.4 Å². The average molecular weight is 521 g/mol. The van der Waals surface area contributed by atoms with E-state index in [0.717, 1.165) is 16.5 Å². The van der Waals surface area contributed by atoms with Gasteiger partial charge in [-0.15, -0.1) is 0 Å². The molecule has 5 rings (SSSR count). The molecule has 1 aromatic heterocycles. The molecule has 2 aromatic carbocycles. The number of nitrogens with zero attached hydrogens (tertiary/aromatic N) is 3. The first-order chi connectivity index (χ1) is 18.2. The minimum Gasteiger partial charge on any atom is -0.493 e. The van der Waals surface area contributed by atoms with E-state index in [0.29, 0.717) is 61.2 Å². The van der Waals surface area contributed by atoms with Crippen LogP contribution in [0.3, 0.4) is 0 Å². The zero-order chi connectivity index (χ0) is 27.0. The van der Waals surface area contributed by atoms with Gasteiger partial charge in [0.1, 0.15) is 11.4 Å². The van der Waals surface area contributed by atoms with E-state index in [1.54, 1.807) is 31.3 Å². The van der Waals surface area contributed by atoms with Crippen molar-refractivity contribution in [3.05, 3.63) is 52.9 Å². The Hall–Kier alpha value is -4.05. The zero-order valence-corrected chi connectivity index (χ0v) is 22.3. The summed E-state index contributed by atoms with van der Waals surface area (Å²) in [5.41, 5.74) is 2.08. The number of aromatic amines is 1. The number of hydrogen-bond donors (Lipinski definition) is 1. The van der Waals surface area contributed by atoms with Crippen molar-refractivity contribution in [1.82, 2.24) is 20.0 Å². The van der Waals surface area contributed by atoms with E-state index < -0.39 is 5.60 Å². The molecule has 3 heterocycles. The Morgan fingerprint density at radius 3 is 2.55 bits per heavy atom. The number of ketones is 1. The van der Waals surface area contributed by atoms with Crippen LogP contribution in [-0.4, -0.2) is 77.9 Å². The molecule has 1 fully saturated rings. The molecule has 2 aliphatic heterocycles. The minimum atomic E-state index is -0.542. The van der Waals surface area contributed by atoms with Crippen molar-refractivity contribution >= 4 is 28.9 Å². The van der Waals surface area contributed by atoms with Crippen molar-refractivity contribution in [1.29, 1.82) is 0 Å². The fourth-order valence-corrected chi connectivity index (χ4v) is 4.72. The normalized spacial score (nSPS) is 17.0. The van der Waals surface area contributed by atoms with Crippen LogP contribution < -0.4 is 14.2 Å². The highest BCUT2D eigenvalue weighted by Crippen LogP contribution is 2.46. The third kappa shape index (κ3) is 4.91. The summed E-state index contributed by atoms with van der Waals surface area (Å²) in [6, 6.07) is 9.36. The van der Waals surface area contributed by atoms with Gasteiger partial charge in [0.15, 0.2) is 17.3 Å².